The molecule has 2 saturated heterocycles. The third-order valence-corrected chi connectivity index (χ3v) is 7.02. The van der Waals surface area contributed by atoms with Crippen molar-refractivity contribution in [1.29, 1.82) is 0 Å². The number of carbonyl (C=O) groups is 1. The van der Waals surface area contributed by atoms with Gasteiger partial charge in [0.1, 0.15) is 12.2 Å². The van der Waals surface area contributed by atoms with E-state index >= 15 is 0 Å². The first-order valence-corrected chi connectivity index (χ1v) is 11.3. The molecule has 7 nitrogen and oxygen atoms in total. The number of likely N-dealkylation sites (tertiary alicyclic amines) is 1. The maximum absolute atomic E-state index is 13.4. The molecule has 2 atom stereocenters. The number of aromatic nitrogens is 1. The SMILES string of the molecule is O=C([C@@H]1CCNC[C@H]1c1ccccc1)N1CCC(O)(CN2C=c3cc[nH]c3=NC2)CC1. The van der Waals surface area contributed by atoms with E-state index in [0.717, 1.165) is 30.2 Å². The summed E-state index contributed by atoms with van der Waals surface area (Å²) in [4.78, 5) is 25.1. The van der Waals surface area contributed by atoms with Gasteiger partial charge in [0.2, 0.25) is 5.91 Å². The maximum atomic E-state index is 13.4. The van der Waals surface area contributed by atoms with Gasteiger partial charge < -0.3 is 25.2 Å². The van der Waals surface area contributed by atoms with Gasteiger partial charge in [-0.1, -0.05) is 30.3 Å². The molecule has 3 aliphatic heterocycles. The highest BCUT2D eigenvalue weighted by molar-refractivity contribution is 5.80. The van der Waals surface area contributed by atoms with Crippen molar-refractivity contribution in [2.45, 2.75) is 30.8 Å². The zero-order valence-electron chi connectivity index (χ0n) is 17.8. The Balaban J connectivity index is 1.22. The standard InChI is InChI=1S/C24H31N5O2/c30-23(20-7-10-25-14-21(20)18-4-2-1-3-5-18)29-12-8-24(31,9-13-29)16-28-15-19-6-11-26-22(19)27-17-28/h1-6,11,15,20-21,25,31H,7-10,12-14,16-17H2,(H,26,27)/t20-,21+/m1/s1. The van der Waals surface area contributed by atoms with Crippen LogP contribution in [0.5, 0.6) is 0 Å². The van der Waals surface area contributed by atoms with Gasteiger partial charge in [0.15, 0.2) is 0 Å². The van der Waals surface area contributed by atoms with Crippen LogP contribution in [0, 0.1) is 5.92 Å². The van der Waals surface area contributed by atoms with E-state index in [4.69, 9.17) is 0 Å². The molecule has 0 unspecified atom stereocenters. The number of rotatable bonds is 4. The number of benzene rings is 1. The maximum Gasteiger partial charge on any atom is 0.226 e. The average Bonchev–Trinajstić information content (AvgIpc) is 3.27. The molecule has 7 heteroatoms. The fraction of sp³-hybridized carbons (Fsp3) is 0.500. The predicted octanol–water partition coefficient (Wildman–Crippen LogP) is 0.392. The summed E-state index contributed by atoms with van der Waals surface area (Å²) >= 11 is 0. The third-order valence-electron chi connectivity index (χ3n) is 7.02. The van der Waals surface area contributed by atoms with Crippen molar-refractivity contribution >= 4 is 12.1 Å². The molecule has 1 aromatic heterocycles. The number of aromatic amines is 1. The molecule has 5 rings (SSSR count). The normalized spacial score (nSPS) is 25.3. The van der Waals surface area contributed by atoms with Gasteiger partial charge in [-0.15, -0.1) is 0 Å². The number of fused-ring (bicyclic) bond motifs is 1. The van der Waals surface area contributed by atoms with Gasteiger partial charge in [-0.25, -0.2) is 4.99 Å². The largest absolute Gasteiger partial charge is 0.388 e. The van der Waals surface area contributed by atoms with E-state index in [1.54, 1.807) is 0 Å². The van der Waals surface area contributed by atoms with Crippen molar-refractivity contribution in [3.8, 4) is 0 Å². The highest BCUT2D eigenvalue weighted by atomic mass is 16.3. The van der Waals surface area contributed by atoms with E-state index in [2.05, 4.69) is 38.5 Å². The first-order chi connectivity index (χ1) is 15.1. The predicted molar refractivity (Wildman–Crippen MR) is 119 cm³/mol. The lowest BCUT2D eigenvalue weighted by atomic mass is 9.80. The fourth-order valence-corrected chi connectivity index (χ4v) is 5.23. The zero-order valence-corrected chi connectivity index (χ0v) is 17.8. The molecule has 3 N–H and O–H groups in total. The number of nitrogens with one attached hydrogen (secondary N) is 2. The topological polar surface area (TPSA) is 84.0 Å². The Morgan fingerprint density at radius 3 is 2.81 bits per heavy atom. The van der Waals surface area contributed by atoms with E-state index < -0.39 is 5.60 Å². The summed E-state index contributed by atoms with van der Waals surface area (Å²) in [6, 6.07) is 12.4. The van der Waals surface area contributed by atoms with Crippen molar-refractivity contribution in [2.24, 2.45) is 10.9 Å². The van der Waals surface area contributed by atoms with Gasteiger partial charge in [0.25, 0.3) is 0 Å². The molecule has 1 amide bonds. The Labute approximate surface area is 182 Å². The summed E-state index contributed by atoms with van der Waals surface area (Å²) in [5, 5.41) is 15.7. The lowest BCUT2D eigenvalue weighted by Gasteiger charge is -2.43. The molecule has 0 aliphatic carbocycles. The molecule has 164 valence electrons. The Kier molecular flexibility index (Phi) is 5.54. The first kappa shape index (κ1) is 20.3. The van der Waals surface area contributed by atoms with E-state index in [-0.39, 0.29) is 17.7 Å². The lowest BCUT2D eigenvalue weighted by Crippen LogP contribution is -2.54. The lowest BCUT2D eigenvalue weighted by molar-refractivity contribution is -0.141. The molecule has 2 fully saturated rings. The van der Waals surface area contributed by atoms with E-state index in [1.165, 1.54) is 5.56 Å². The van der Waals surface area contributed by atoms with Crippen LogP contribution in [0.3, 0.4) is 0 Å². The average molecular weight is 422 g/mol. The Bertz CT molecular complexity index is 1030. The second-order valence-corrected chi connectivity index (χ2v) is 9.12. The van der Waals surface area contributed by atoms with Crippen LogP contribution in [-0.2, 0) is 4.79 Å². The molecule has 2 aromatic rings. The summed E-state index contributed by atoms with van der Waals surface area (Å²) in [6.45, 7) is 4.04. The van der Waals surface area contributed by atoms with Gasteiger partial charge in [-0.2, -0.15) is 0 Å². The van der Waals surface area contributed by atoms with Crippen LogP contribution < -0.4 is 16.0 Å². The Morgan fingerprint density at radius 1 is 1.19 bits per heavy atom. The van der Waals surface area contributed by atoms with Crippen molar-refractivity contribution in [1.82, 2.24) is 20.1 Å². The zero-order chi connectivity index (χ0) is 21.3. The second kappa shape index (κ2) is 8.48. The van der Waals surface area contributed by atoms with Crippen molar-refractivity contribution < 1.29 is 9.90 Å². The fourth-order valence-electron chi connectivity index (χ4n) is 5.23. The number of amides is 1. The van der Waals surface area contributed by atoms with Crippen molar-refractivity contribution in [3.05, 3.63) is 58.9 Å². The quantitative estimate of drug-likeness (QED) is 0.667. The number of carbonyl (C=O) groups excluding carboxylic acids is 1. The van der Waals surface area contributed by atoms with Crippen LogP contribution >= 0.6 is 0 Å². The molecule has 0 bridgehead atoms. The number of β-amino-alcohol motifs (C(OH)–C–C–N with tert-alkyl or cyclic N) is 1. The second-order valence-electron chi connectivity index (χ2n) is 9.12. The van der Waals surface area contributed by atoms with Crippen LogP contribution in [0.2, 0.25) is 0 Å². The minimum absolute atomic E-state index is 0.0103. The first-order valence-electron chi connectivity index (χ1n) is 11.3. The third kappa shape index (κ3) is 4.25. The van der Waals surface area contributed by atoms with Crippen LogP contribution in [0.15, 0.2) is 47.6 Å². The summed E-state index contributed by atoms with van der Waals surface area (Å²) < 4.78 is 0. The molecule has 0 spiro atoms. The summed E-state index contributed by atoms with van der Waals surface area (Å²) in [5.74, 6) is 0.466. The van der Waals surface area contributed by atoms with Crippen LogP contribution in [0.25, 0.3) is 6.20 Å². The highest BCUT2D eigenvalue weighted by Crippen LogP contribution is 2.33. The number of aliphatic hydroxyl groups is 1. The molecule has 0 radical (unpaired) electrons. The molecule has 4 heterocycles. The van der Waals surface area contributed by atoms with Gasteiger partial charge in [0, 0.05) is 55.6 Å². The van der Waals surface area contributed by atoms with Gasteiger partial charge in [0.05, 0.1) is 5.60 Å². The van der Waals surface area contributed by atoms with Gasteiger partial charge in [-0.05, 0) is 37.4 Å². The monoisotopic (exact) mass is 421 g/mol. The summed E-state index contributed by atoms with van der Waals surface area (Å²) in [6.07, 6.45) is 6.01. The van der Waals surface area contributed by atoms with Crippen molar-refractivity contribution in [2.75, 3.05) is 39.4 Å². The van der Waals surface area contributed by atoms with Gasteiger partial charge >= 0.3 is 0 Å². The number of nitrogens with zero attached hydrogens (tertiary/aromatic N) is 3. The van der Waals surface area contributed by atoms with Crippen LogP contribution in [0.1, 0.15) is 30.7 Å². The molecule has 0 saturated carbocycles. The number of hydrogen-bond acceptors (Lipinski definition) is 5. The molecule has 1 aromatic carbocycles. The van der Waals surface area contributed by atoms with E-state index in [0.29, 0.717) is 39.1 Å². The smallest absolute Gasteiger partial charge is 0.226 e. The molecule has 3 aliphatic rings. The Hall–Kier alpha value is -2.64. The number of H-pyrrole nitrogens is 1. The van der Waals surface area contributed by atoms with Crippen LogP contribution in [0.4, 0.5) is 0 Å². The number of piperidine rings is 2. The van der Waals surface area contributed by atoms with Crippen molar-refractivity contribution in [3.63, 3.8) is 0 Å². The summed E-state index contributed by atoms with van der Waals surface area (Å²) in [7, 11) is 0. The summed E-state index contributed by atoms with van der Waals surface area (Å²) in [5.41, 5.74) is 1.34. The Morgan fingerprint density at radius 2 is 2.00 bits per heavy atom. The van der Waals surface area contributed by atoms with E-state index in [1.807, 2.05) is 35.4 Å². The molecular weight excluding hydrogens is 390 g/mol. The molecule has 31 heavy (non-hydrogen) atoms. The van der Waals surface area contributed by atoms with Crippen LogP contribution in [-0.4, -0.2) is 70.8 Å². The molecular formula is C24H31N5O2. The minimum Gasteiger partial charge on any atom is -0.388 e. The minimum atomic E-state index is -0.788. The number of hydrogen-bond donors (Lipinski definition) is 3. The highest BCUT2D eigenvalue weighted by Gasteiger charge is 2.39. The van der Waals surface area contributed by atoms with Gasteiger partial charge in [-0.3, -0.25) is 4.79 Å². The van der Waals surface area contributed by atoms with E-state index in [9.17, 15) is 9.90 Å².